The Hall–Kier alpha value is -1.56. The number of hydrogen-bond acceptors (Lipinski definition) is 3. The molecule has 0 bridgehead atoms. The summed E-state index contributed by atoms with van der Waals surface area (Å²) in [5, 5.41) is 8.89. The standard InChI is InChI=1S/C16H23N3/c1-13(2)6-7-14-8-10-19(11-9-14)16-5-3-4-15(12-17)18-16/h3-5,13-14H,6-11H2,1-2H3. The Balaban J connectivity index is 1.87. The van der Waals surface area contributed by atoms with E-state index in [0.29, 0.717) is 5.69 Å². The Morgan fingerprint density at radius 1 is 1.37 bits per heavy atom. The van der Waals surface area contributed by atoms with Gasteiger partial charge in [0.1, 0.15) is 17.6 Å². The Labute approximate surface area is 116 Å². The zero-order valence-electron chi connectivity index (χ0n) is 12.0. The summed E-state index contributed by atoms with van der Waals surface area (Å²) in [6.07, 6.45) is 5.21. The van der Waals surface area contributed by atoms with E-state index >= 15 is 0 Å². The van der Waals surface area contributed by atoms with Gasteiger partial charge in [-0.2, -0.15) is 5.26 Å². The second-order valence-electron chi connectivity index (χ2n) is 5.89. The monoisotopic (exact) mass is 257 g/mol. The molecule has 0 aromatic carbocycles. The Bertz CT molecular complexity index is 440. The van der Waals surface area contributed by atoms with Crippen molar-refractivity contribution in [3.63, 3.8) is 0 Å². The minimum absolute atomic E-state index is 0.513. The third kappa shape index (κ3) is 3.96. The fourth-order valence-corrected chi connectivity index (χ4v) is 2.68. The summed E-state index contributed by atoms with van der Waals surface area (Å²) in [5.74, 6) is 2.64. The quantitative estimate of drug-likeness (QED) is 0.827. The van der Waals surface area contributed by atoms with Crippen molar-refractivity contribution in [2.45, 2.75) is 39.5 Å². The first-order valence-corrected chi connectivity index (χ1v) is 7.31. The molecule has 0 unspecified atom stereocenters. The molecule has 0 atom stereocenters. The second kappa shape index (κ2) is 6.56. The summed E-state index contributed by atoms with van der Waals surface area (Å²) in [6.45, 7) is 6.74. The van der Waals surface area contributed by atoms with Gasteiger partial charge in [0.25, 0.3) is 0 Å². The van der Waals surface area contributed by atoms with Gasteiger partial charge in [-0.3, -0.25) is 0 Å². The van der Waals surface area contributed by atoms with Crippen LogP contribution in [0.25, 0.3) is 0 Å². The number of nitrogens with zero attached hydrogens (tertiary/aromatic N) is 3. The van der Waals surface area contributed by atoms with Crippen molar-refractivity contribution in [2.75, 3.05) is 18.0 Å². The van der Waals surface area contributed by atoms with E-state index in [9.17, 15) is 0 Å². The smallest absolute Gasteiger partial charge is 0.142 e. The molecule has 19 heavy (non-hydrogen) atoms. The maximum absolute atomic E-state index is 8.89. The summed E-state index contributed by atoms with van der Waals surface area (Å²) in [5.41, 5.74) is 0.513. The molecule has 1 aromatic heterocycles. The molecule has 3 heteroatoms. The molecule has 0 radical (unpaired) electrons. The highest BCUT2D eigenvalue weighted by molar-refractivity contribution is 5.41. The number of hydrogen-bond donors (Lipinski definition) is 0. The first kappa shape index (κ1) is 13.9. The number of anilines is 1. The molecule has 1 saturated heterocycles. The molecular weight excluding hydrogens is 234 g/mol. The predicted octanol–water partition coefficient (Wildman–Crippen LogP) is 3.61. The van der Waals surface area contributed by atoms with Crippen LogP contribution in [0.3, 0.4) is 0 Å². The van der Waals surface area contributed by atoms with Gasteiger partial charge < -0.3 is 4.90 Å². The van der Waals surface area contributed by atoms with Gasteiger partial charge in [-0.05, 0) is 36.8 Å². The lowest BCUT2D eigenvalue weighted by atomic mass is 9.90. The average Bonchev–Trinajstić information content (AvgIpc) is 2.45. The molecule has 0 amide bonds. The van der Waals surface area contributed by atoms with Crippen LogP contribution in [0, 0.1) is 23.2 Å². The van der Waals surface area contributed by atoms with Crippen molar-refractivity contribution in [1.29, 1.82) is 5.26 Å². The van der Waals surface area contributed by atoms with Crippen molar-refractivity contribution < 1.29 is 0 Å². The molecule has 1 aromatic rings. The van der Waals surface area contributed by atoms with E-state index in [1.54, 1.807) is 6.07 Å². The van der Waals surface area contributed by atoms with Gasteiger partial charge in [-0.25, -0.2) is 4.98 Å². The minimum atomic E-state index is 0.513. The first-order chi connectivity index (χ1) is 9.19. The summed E-state index contributed by atoms with van der Waals surface area (Å²) in [4.78, 5) is 6.69. The van der Waals surface area contributed by atoms with Gasteiger partial charge in [-0.1, -0.05) is 32.8 Å². The van der Waals surface area contributed by atoms with Gasteiger partial charge in [0, 0.05) is 13.1 Å². The zero-order chi connectivity index (χ0) is 13.7. The zero-order valence-corrected chi connectivity index (χ0v) is 12.0. The van der Waals surface area contributed by atoms with Crippen molar-refractivity contribution in [1.82, 2.24) is 4.98 Å². The Morgan fingerprint density at radius 2 is 2.11 bits per heavy atom. The normalized spacial score (nSPS) is 16.6. The molecular formula is C16H23N3. The summed E-state index contributed by atoms with van der Waals surface area (Å²) >= 11 is 0. The second-order valence-corrected chi connectivity index (χ2v) is 5.89. The molecule has 1 fully saturated rings. The van der Waals surface area contributed by atoms with Crippen molar-refractivity contribution >= 4 is 5.82 Å². The largest absolute Gasteiger partial charge is 0.357 e. The van der Waals surface area contributed by atoms with Crippen LogP contribution >= 0.6 is 0 Å². The molecule has 0 saturated carbocycles. The van der Waals surface area contributed by atoms with Crippen molar-refractivity contribution in [3.8, 4) is 6.07 Å². The van der Waals surface area contributed by atoms with Crippen LogP contribution < -0.4 is 4.90 Å². The average molecular weight is 257 g/mol. The van der Waals surface area contributed by atoms with Crippen LogP contribution in [0.5, 0.6) is 0 Å². The lowest BCUT2D eigenvalue weighted by Crippen LogP contribution is -2.34. The molecule has 2 rings (SSSR count). The topological polar surface area (TPSA) is 39.9 Å². The van der Waals surface area contributed by atoms with Crippen LogP contribution in [0.4, 0.5) is 5.82 Å². The first-order valence-electron chi connectivity index (χ1n) is 7.31. The summed E-state index contributed by atoms with van der Waals surface area (Å²) in [7, 11) is 0. The van der Waals surface area contributed by atoms with Gasteiger partial charge in [0.2, 0.25) is 0 Å². The molecule has 3 nitrogen and oxygen atoms in total. The summed E-state index contributed by atoms with van der Waals surface area (Å²) < 4.78 is 0. The van der Waals surface area contributed by atoms with Gasteiger partial charge >= 0.3 is 0 Å². The maximum Gasteiger partial charge on any atom is 0.142 e. The van der Waals surface area contributed by atoms with Crippen LogP contribution in [0.2, 0.25) is 0 Å². The molecule has 0 aliphatic carbocycles. The summed E-state index contributed by atoms with van der Waals surface area (Å²) in [6, 6.07) is 7.80. The predicted molar refractivity (Wildman–Crippen MR) is 78.0 cm³/mol. The minimum Gasteiger partial charge on any atom is -0.357 e. The van der Waals surface area contributed by atoms with E-state index in [-0.39, 0.29) is 0 Å². The van der Waals surface area contributed by atoms with Gasteiger partial charge in [0.05, 0.1) is 0 Å². The lowest BCUT2D eigenvalue weighted by molar-refractivity contribution is 0.351. The number of pyridine rings is 1. The third-order valence-electron chi connectivity index (χ3n) is 3.94. The molecule has 0 N–H and O–H groups in total. The molecule has 2 heterocycles. The van der Waals surface area contributed by atoms with E-state index in [1.807, 2.05) is 12.1 Å². The number of rotatable bonds is 4. The van der Waals surface area contributed by atoms with E-state index in [2.05, 4.69) is 29.8 Å². The lowest BCUT2D eigenvalue weighted by Gasteiger charge is -2.33. The fourth-order valence-electron chi connectivity index (χ4n) is 2.68. The highest BCUT2D eigenvalue weighted by atomic mass is 15.2. The molecule has 1 aliphatic rings. The highest BCUT2D eigenvalue weighted by Gasteiger charge is 2.20. The van der Waals surface area contributed by atoms with E-state index in [1.165, 1.54) is 25.7 Å². The fraction of sp³-hybridized carbons (Fsp3) is 0.625. The van der Waals surface area contributed by atoms with Crippen LogP contribution in [-0.4, -0.2) is 18.1 Å². The van der Waals surface area contributed by atoms with Crippen LogP contribution in [0.1, 0.15) is 45.2 Å². The molecule has 0 spiro atoms. The SMILES string of the molecule is CC(C)CCC1CCN(c2cccc(C#N)n2)CC1. The van der Waals surface area contributed by atoms with Gasteiger partial charge in [-0.15, -0.1) is 0 Å². The number of piperidine rings is 1. The number of aromatic nitrogens is 1. The van der Waals surface area contributed by atoms with Crippen LogP contribution in [-0.2, 0) is 0 Å². The van der Waals surface area contributed by atoms with E-state index < -0.39 is 0 Å². The van der Waals surface area contributed by atoms with Crippen LogP contribution in [0.15, 0.2) is 18.2 Å². The van der Waals surface area contributed by atoms with E-state index in [0.717, 1.165) is 30.7 Å². The molecule has 102 valence electrons. The molecule has 1 aliphatic heterocycles. The van der Waals surface area contributed by atoms with Crippen molar-refractivity contribution in [3.05, 3.63) is 23.9 Å². The third-order valence-corrected chi connectivity index (χ3v) is 3.94. The van der Waals surface area contributed by atoms with E-state index in [4.69, 9.17) is 5.26 Å². The Kier molecular flexibility index (Phi) is 4.79. The highest BCUT2D eigenvalue weighted by Crippen LogP contribution is 2.26. The Morgan fingerprint density at radius 3 is 2.74 bits per heavy atom. The van der Waals surface area contributed by atoms with Crippen molar-refractivity contribution in [2.24, 2.45) is 11.8 Å². The van der Waals surface area contributed by atoms with Gasteiger partial charge in [0.15, 0.2) is 0 Å². The number of nitriles is 1. The maximum atomic E-state index is 8.89.